The van der Waals surface area contributed by atoms with Crippen LogP contribution in [0.1, 0.15) is 25.7 Å². The first-order chi connectivity index (χ1) is 7.11. The fourth-order valence-electron chi connectivity index (χ4n) is 1.33. The molecule has 1 aromatic rings. The summed E-state index contributed by atoms with van der Waals surface area (Å²) < 4.78 is 1.95. The molecule has 0 aliphatic carbocycles. The molecule has 0 spiro atoms. The van der Waals surface area contributed by atoms with Crippen LogP contribution in [-0.2, 0) is 6.54 Å². The maximum absolute atomic E-state index is 4.23. The van der Waals surface area contributed by atoms with Crippen molar-refractivity contribution < 1.29 is 0 Å². The first kappa shape index (κ1) is 12.1. The lowest BCUT2D eigenvalue weighted by molar-refractivity contribution is 0.395. The molecule has 1 rings (SSSR count). The van der Waals surface area contributed by atoms with Gasteiger partial charge in [-0.15, -0.1) is 0 Å². The summed E-state index contributed by atoms with van der Waals surface area (Å²) >= 11 is 0. The third-order valence-corrected chi connectivity index (χ3v) is 2.16. The van der Waals surface area contributed by atoms with Crippen molar-refractivity contribution >= 4 is 0 Å². The quantitative estimate of drug-likeness (QED) is 0.696. The zero-order valence-electron chi connectivity index (χ0n) is 10.1. The number of aromatic nitrogens is 3. The highest BCUT2D eigenvalue weighted by Gasteiger charge is 2.06. The molecular weight excluding hydrogens is 190 g/mol. The van der Waals surface area contributed by atoms with Crippen molar-refractivity contribution in [2.75, 3.05) is 27.2 Å². The molecule has 0 bridgehead atoms. The number of likely N-dealkylation sites (N-methyl/N-ethyl adjacent to an activating group) is 1. The van der Waals surface area contributed by atoms with Crippen LogP contribution in [0.5, 0.6) is 0 Å². The van der Waals surface area contributed by atoms with Gasteiger partial charge in [-0.2, -0.15) is 5.10 Å². The normalized spacial score (nSPS) is 11.6. The number of nitrogens with one attached hydrogen (secondary N) is 1. The Bertz CT molecular complexity index is 279. The lowest BCUT2D eigenvalue weighted by atomic mass is 10.4. The average molecular weight is 211 g/mol. The Morgan fingerprint density at radius 1 is 1.47 bits per heavy atom. The number of rotatable bonds is 6. The molecule has 0 atom stereocenters. The highest BCUT2D eigenvalue weighted by atomic mass is 15.4. The van der Waals surface area contributed by atoms with E-state index in [-0.39, 0.29) is 0 Å². The van der Waals surface area contributed by atoms with Crippen LogP contribution < -0.4 is 5.32 Å². The highest BCUT2D eigenvalue weighted by molar-refractivity contribution is 4.85. The second-order valence-electron chi connectivity index (χ2n) is 4.19. The second kappa shape index (κ2) is 5.82. The second-order valence-corrected chi connectivity index (χ2v) is 4.19. The van der Waals surface area contributed by atoms with E-state index >= 15 is 0 Å². The van der Waals surface area contributed by atoms with Gasteiger partial charge in [0, 0.05) is 19.1 Å². The predicted molar refractivity (Wildman–Crippen MR) is 60.7 cm³/mol. The third-order valence-electron chi connectivity index (χ3n) is 2.16. The highest BCUT2D eigenvalue weighted by Crippen LogP contribution is 2.04. The molecule has 5 heteroatoms. The Morgan fingerprint density at radius 2 is 2.20 bits per heavy atom. The Kier molecular flexibility index (Phi) is 4.71. The Hall–Kier alpha value is -0.940. The van der Waals surface area contributed by atoms with Gasteiger partial charge in [-0.05, 0) is 27.9 Å². The van der Waals surface area contributed by atoms with E-state index < -0.39 is 0 Å². The summed E-state index contributed by atoms with van der Waals surface area (Å²) in [6, 6.07) is 0.373. The molecule has 0 fully saturated rings. The Morgan fingerprint density at radius 3 is 2.80 bits per heavy atom. The van der Waals surface area contributed by atoms with Crippen LogP contribution in [0, 0.1) is 0 Å². The molecule has 1 aromatic heterocycles. The van der Waals surface area contributed by atoms with Crippen molar-refractivity contribution in [1.29, 1.82) is 0 Å². The summed E-state index contributed by atoms with van der Waals surface area (Å²) in [5.41, 5.74) is 0. The molecule has 15 heavy (non-hydrogen) atoms. The van der Waals surface area contributed by atoms with Crippen molar-refractivity contribution in [3.63, 3.8) is 0 Å². The molecule has 0 aliphatic heterocycles. The van der Waals surface area contributed by atoms with Crippen molar-refractivity contribution in [2.24, 2.45) is 0 Å². The predicted octanol–water partition coefficient (Wildman–Crippen LogP) is 0.510. The van der Waals surface area contributed by atoms with Gasteiger partial charge in [0.05, 0.1) is 6.54 Å². The number of nitrogens with zero attached hydrogens (tertiary/aromatic N) is 4. The van der Waals surface area contributed by atoms with Crippen LogP contribution >= 0.6 is 0 Å². The van der Waals surface area contributed by atoms with Crippen molar-refractivity contribution in [3.05, 3.63) is 12.2 Å². The van der Waals surface area contributed by atoms with E-state index in [0.29, 0.717) is 6.04 Å². The fraction of sp³-hybridized carbons (Fsp3) is 0.800. The molecule has 0 radical (unpaired) electrons. The van der Waals surface area contributed by atoms with Crippen LogP contribution in [0.2, 0.25) is 0 Å². The van der Waals surface area contributed by atoms with Gasteiger partial charge in [-0.1, -0.05) is 0 Å². The van der Waals surface area contributed by atoms with E-state index in [1.54, 1.807) is 6.33 Å². The van der Waals surface area contributed by atoms with Gasteiger partial charge in [0.2, 0.25) is 0 Å². The molecular formula is C10H21N5. The minimum atomic E-state index is 0.373. The summed E-state index contributed by atoms with van der Waals surface area (Å²) in [5, 5.41) is 7.53. The lowest BCUT2D eigenvalue weighted by Crippen LogP contribution is -2.27. The van der Waals surface area contributed by atoms with Crippen LogP contribution in [0.3, 0.4) is 0 Å². The molecule has 1 heterocycles. The van der Waals surface area contributed by atoms with Gasteiger partial charge in [0.25, 0.3) is 0 Å². The Labute approximate surface area is 91.5 Å². The topological polar surface area (TPSA) is 46.0 Å². The molecule has 0 amide bonds. The van der Waals surface area contributed by atoms with Gasteiger partial charge < -0.3 is 10.2 Å². The smallest absolute Gasteiger partial charge is 0.141 e. The standard InChI is InChI=1S/C10H21N5/c1-9(2)15-10(12-8-13-15)7-11-5-6-14(3)4/h8-9,11H,5-7H2,1-4H3. The van der Waals surface area contributed by atoms with E-state index in [2.05, 4.69) is 48.2 Å². The van der Waals surface area contributed by atoms with Crippen LogP contribution in [-0.4, -0.2) is 46.8 Å². The zero-order valence-corrected chi connectivity index (χ0v) is 10.1. The van der Waals surface area contributed by atoms with E-state index in [0.717, 1.165) is 25.5 Å². The molecule has 5 nitrogen and oxygen atoms in total. The molecule has 0 saturated carbocycles. The SMILES string of the molecule is CC(C)n1ncnc1CNCCN(C)C. The van der Waals surface area contributed by atoms with Gasteiger partial charge in [-0.3, -0.25) is 0 Å². The summed E-state index contributed by atoms with van der Waals surface area (Å²) in [6.45, 7) is 7.01. The zero-order chi connectivity index (χ0) is 11.3. The minimum absolute atomic E-state index is 0.373. The Balaban J connectivity index is 2.34. The van der Waals surface area contributed by atoms with Gasteiger partial charge >= 0.3 is 0 Å². The van der Waals surface area contributed by atoms with E-state index in [9.17, 15) is 0 Å². The molecule has 0 aliphatic rings. The van der Waals surface area contributed by atoms with Gasteiger partial charge in [0.1, 0.15) is 12.2 Å². The van der Waals surface area contributed by atoms with E-state index in [1.165, 1.54) is 0 Å². The van der Waals surface area contributed by atoms with Crippen LogP contribution in [0.25, 0.3) is 0 Å². The largest absolute Gasteiger partial charge is 0.309 e. The maximum Gasteiger partial charge on any atom is 0.141 e. The van der Waals surface area contributed by atoms with Gasteiger partial charge in [0.15, 0.2) is 0 Å². The number of hydrogen-bond donors (Lipinski definition) is 1. The molecule has 0 aromatic carbocycles. The summed E-state index contributed by atoms with van der Waals surface area (Å²) in [7, 11) is 4.14. The van der Waals surface area contributed by atoms with Crippen LogP contribution in [0.4, 0.5) is 0 Å². The molecule has 1 N–H and O–H groups in total. The summed E-state index contributed by atoms with van der Waals surface area (Å²) in [4.78, 5) is 6.38. The monoisotopic (exact) mass is 211 g/mol. The maximum atomic E-state index is 4.23. The van der Waals surface area contributed by atoms with E-state index in [1.807, 2.05) is 4.68 Å². The molecule has 0 saturated heterocycles. The third kappa shape index (κ3) is 3.97. The average Bonchev–Trinajstić information content (AvgIpc) is 2.60. The first-order valence-electron chi connectivity index (χ1n) is 5.35. The molecule has 0 unspecified atom stereocenters. The van der Waals surface area contributed by atoms with Gasteiger partial charge in [-0.25, -0.2) is 9.67 Å². The van der Waals surface area contributed by atoms with Crippen LogP contribution in [0.15, 0.2) is 6.33 Å². The summed E-state index contributed by atoms with van der Waals surface area (Å²) in [5.74, 6) is 1.00. The van der Waals surface area contributed by atoms with Crippen molar-refractivity contribution in [2.45, 2.75) is 26.4 Å². The van der Waals surface area contributed by atoms with Crippen molar-refractivity contribution in [1.82, 2.24) is 25.0 Å². The first-order valence-corrected chi connectivity index (χ1v) is 5.35. The fourth-order valence-corrected chi connectivity index (χ4v) is 1.33. The lowest BCUT2D eigenvalue weighted by Gasteiger charge is -2.12. The van der Waals surface area contributed by atoms with Crippen molar-refractivity contribution in [3.8, 4) is 0 Å². The number of hydrogen-bond acceptors (Lipinski definition) is 4. The minimum Gasteiger partial charge on any atom is -0.309 e. The molecule has 86 valence electrons. The summed E-state index contributed by atoms with van der Waals surface area (Å²) in [6.07, 6.45) is 1.61. The van der Waals surface area contributed by atoms with E-state index in [4.69, 9.17) is 0 Å².